The first-order valence-corrected chi connectivity index (χ1v) is 8.58. The minimum atomic E-state index is 0.131. The molecule has 2 aromatic rings. The quantitative estimate of drug-likeness (QED) is 0.806. The van der Waals surface area contributed by atoms with Gasteiger partial charge in [0.1, 0.15) is 0 Å². The Balaban J connectivity index is 1.78. The number of anilines is 2. The molecule has 2 aromatic heterocycles. The lowest BCUT2D eigenvalue weighted by molar-refractivity contribution is -0.129. The number of carbonyl (C=O) groups is 1. The molecule has 0 bridgehead atoms. The van der Waals surface area contributed by atoms with Crippen LogP contribution >= 0.6 is 0 Å². The molecule has 1 amide bonds. The molecule has 0 radical (unpaired) electrons. The Labute approximate surface area is 142 Å². The SMILES string of the molecule is CC(=O)N1CCc2c(c(N3CCCc4cc(C)ncc43)nn2C)C1. The summed E-state index contributed by atoms with van der Waals surface area (Å²) in [5.41, 5.74) is 5.99. The van der Waals surface area contributed by atoms with E-state index in [1.165, 1.54) is 16.8 Å². The Kier molecular flexibility index (Phi) is 3.55. The largest absolute Gasteiger partial charge is 0.338 e. The molecule has 0 saturated heterocycles. The zero-order chi connectivity index (χ0) is 16.8. The van der Waals surface area contributed by atoms with Crippen LogP contribution in [0.3, 0.4) is 0 Å². The number of pyridine rings is 1. The van der Waals surface area contributed by atoms with E-state index in [1.54, 1.807) is 6.92 Å². The topological polar surface area (TPSA) is 54.3 Å². The van der Waals surface area contributed by atoms with Crippen LogP contribution < -0.4 is 4.90 Å². The molecule has 24 heavy (non-hydrogen) atoms. The molecule has 0 fully saturated rings. The highest BCUT2D eigenvalue weighted by atomic mass is 16.2. The van der Waals surface area contributed by atoms with Crippen molar-refractivity contribution in [2.75, 3.05) is 18.0 Å². The van der Waals surface area contributed by atoms with E-state index in [1.807, 2.05) is 29.7 Å². The number of aryl methyl sites for hydroxylation is 3. The van der Waals surface area contributed by atoms with Gasteiger partial charge in [0, 0.05) is 50.4 Å². The van der Waals surface area contributed by atoms with Crippen LogP contribution in [0.5, 0.6) is 0 Å². The van der Waals surface area contributed by atoms with Gasteiger partial charge in [0.15, 0.2) is 5.82 Å². The molecule has 0 aromatic carbocycles. The Hall–Kier alpha value is -2.37. The Morgan fingerprint density at radius 2 is 2.08 bits per heavy atom. The van der Waals surface area contributed by atoms with Crippen molar-refractivity contribution < 1.29 is 4.79 Å². The molecular weight excluding hydrogens is 302 g/mol. The fourth-order valence-corrected chi connectivity index (χ4v) is 3.88. The van der Waals surface area contributed by atoms with Crippen LogP contribution in [0.2, 0.25) is 0 Å². The molecule has 0 aliphatic carbocycles. The third kappa shape index (κ3) is 2.37. The molecular formula is C18H23N5O. The highest BCUT2D eigenvalue weighted by molar-refractivity contribution is 5.75. The molecule has 6 heteroatoms. The van der Waals surface area contributed by atoms with E-state index in [4.69, 9.17) is 5.10 Å². The lowest BCUT2D eigenvalue weighted by atomic mass is 10.0. The summed E-state index contributed by atoms with van der Waals surface area (Å²) in [7, 11) is 2.00. The molecule has 0 atom stereocenters. The average Bonchev–Trinajstić information content (AvgIpc) is 2.90. The summed E-state index contributed by atoms with van der Waals surface area (Å²) in [4.78, 5) is 20.5. The first-order chi connectivity index (χ1) is 11.5. The number of rotatable bonds is 1. The fraction of sp³-hybridized carbons (Fsp3) is 0.500. The summed E-state index contributed by atoms with van der Waals surface area (Å²) in [6.45, 7) is 6.05. The van der Waals surface area contributed by atoms with Crippen LogP contribution in [0.4, 0.5) is 11.5 Å². The van der Waals surface area contributed by atoms with E-state index in [9.17, 15) is 4.79 Å². The van der Waals surface area contributed by atoms with Crippen molar-refractivity contribution in [2.24, 2.45) is 7.05 Å². The van der Waals surface area contributed by atoms with Gasteiger partial charge in [-0.3, -0.25) is 14.5 Å². The van der Waals surface area contributed by atoms with Gasteiger partial charge in [-0.2, -0.15) is 5.10 Å². The number of nitrogens with zero attached hydrogens (tertiary/aromatic N) is 5. The number of amides is 1. The Bertz CT molecular complexity index is 810. The van der Waals surface area contributed by atoms with Gasteiger partial charge in [-0.1, -0.05) is 0 Å². The predicted octanol–water partition coefficient (Wildman–Crippen LogP) is 2.11. The molecule has 2 aliphatic heterocycles. The van der Waals surface area contributed by atoms with Crippen molar-refractivity contribution in [3.8, 4) is 0 Å². The van der Waals surface area contributed by atoms with Crippen molar-refractivity contribution in [1.82, 2.24) is 19.7 Å². The van der Waals surface area contributed by atoms with Crippen LogP contribution in [0.15, 0.2) is 12.3 Å². The van der Waals surface area contributed by atoms with E-state index >= 15 is 0 Å². The molecule has 0 spiro atoms. The lowest BCUT2D eigenvalue weighted by Gasteiger charge is -2.32. The maximum Gasteiger partial charge on any atom is 0.219 e. The third-order valence-electron chi connectivity index (χ3n) is 5.14. The molecule has 0 unspecified atom stereocenters. The molecule has 0 N–H and O–H groups in total. The zero-order valence-corrected chi connectivity index (χ0v) is 14.5. The van der Waals surface area contributed by atoms with Gasteiger partial charge < -0.3 is 9.80 Å². The van der Waals surface area contributed by atoms with Gasteiger partial charge in [-0.25, -0.2) is 0 Å². The maximum absolute atomic E-state index is 11.8. The maximum atomic E-state index is 11.8. The third-order valence-corrected chi connectivity index (χ3v) is 5.14. The lowest BCUT2D eigenvalue weighted by Crippen LogP contribution is -2.35. The van der Waals surface area contributed by atoms with Gasteiger partial charge in [-0.15, -0.1) is 0 Å². The van der Waals surface area contributed by atoms with E-state index in [0.29, 0.717) is 6.54 Å². The second-order valence-electron chi connectivity index (χ2n) is 6.77. The van der Waals surface area contributed by atoms with Crippen LogP contribution in [0.25, 0.3) is 0 Å². The van der Waals surface area contributed by atoms with Crippen molar-refractivity contribution in [1.29, 1.82) is 0 Å². The zero-order valence-electron chi connectivity index (χ0n) is 14.5. The predicted molar refractivity (Wildman–Crippen MR) is 92.3 cm³/mol. The van der Waals surface area contributed by atoms with Crippen LogP contribution in [0.1, 0.15) is 35.9 Å². The van der Waals surface area contributed by atoms with Gasteiger partial charge in [-0.05, 0) is 31.4 Å². The Morgan fingerprint density at radius 3 is 2.88 bits per heavy atom. The summed E-state index contributed by atoms with van der Waals surface area (Å²) in [5.74, 6) is 1.12. The highest BCUT2D eigenvalue weighted by Crippen LogP contribution is 2.37. The monoisotopic (exact) mass is 325 g/mol. The first-order valence-electron chi connectivity index (χ1n) is 8.58. The van der Waals surface area contributed by atoms with Crippen LogP contribution in [0, 0.1) is 6.92 Å². The molecule has 2 aliphatic rings. The molecule has 6 nitrogen and oxygen atoms in total. The number of fused-ring (bicyclic) bond motifs is 2. The number of hydrogen-bond donors (Lipinski definition) is 0. The van der Waals surface area contributed by atoms with E-state index in [2.05, 4.69) is 16.0 Å². The second-order valence-corrected chi connectivity index (χ2v) is 6.77. The van der Waals surface area contributed by atoms with Crippen molar-refractivity contribution >= 4 is 17.4 Å². The summed E-state index contributed by atoms with van der Waals surface area (Å²) in [5, 5.41) is 4.81. The van der Waals surface area contributed by atoms with E-state index < -0.39 is 0 Å². The minimum absolute atomic E-state index is 0.131. The summed E-state index contributed by atoms with van der Waals surface area (Å²) in [6, 6.07) is 2.18. The van der Waals surface area contributed by atoms with E-state index in [0.717, 1.165) is 49.6 Å². The van der Waals surface area contributed by atoms with Gasteiger partial charge in [0.2, 0.25) is 5.91 Å². The smallest absolute Gasteiger partial charge is 0.219 e. The first kappa shape index (κ1) is 15.2. The summed E-state index contributed by atoms with van der Waals surface area (Å²) in [6.07, 6.45) is 5.03. The molecule has 126 valence electrons. The van der Waals surface area contributed by atoms with Gasteiger partial charge in [0.05, 0.1) is 18.4 Å². The molecule has 4 heterocycles. The second kappa shape index (κ2) is 5.61. The van der Waals surface area contributed by atoms with Crippen LogP contribution in [-0.2, 0) is 31.2 Å². The number of carbonyl (C=O) groups excluding carboxylic acids is 1. The molecule has 0 saturated carbocycles. The summed E-state index contributed by atoms with van der Waals surface area (Å²) >= 11 is 0. The van der Waals surface area contributed by atoms with Crippen LogP contribution in [-0.4, -0.2) is 38.7 Å². The molecule has 4 rings (SSSR count). The Morgan fingerprint density at radius 1 is 1.25 bits per heavy atom. The van der Waals surface area contributed by atoms with Gasteiger partial charge >= 0.3 is 0 Å². The summed E-state index contributed by atoms with van der Waals surface area (Å²) < 4.78 is 1.98. The normalized spacial score (nSPS) is 16.8. The highest BCUT2D eigenvalue weighted by Gasteiger charge is 2.30. The number of aromatic nitrogens is 3. The average molecular weight is 325 g/mol. The fourth-order valence-electron chi connectivity index (χ4n) is 3.88. The van der Waals surface area contributed by atoms with Crippen molar-refractivity contribution in [3.63, 3.8) is 0 Å². The van der Waals surface area contributed by atoms with Gasteiger partial charge in [0.25, 0.3) is 0 Å². The van der Waals surface area contributed by atoms with Crippen molar-refractivity contribution in [2.45, 2.75) is 39.7 Å². The minimum Gasteiger partial charge on any atom is -0.338 e. The number of hydrogen-bond acceptors (Lipinski definition) is 4. The van der Waals surface area contributed by atoms with E-state index in [-0.39, 0.29) is 5.91 Å². The van der Waals surface area contributed by atoms with Crippen molar-refractivity contribution in [3.05, 3.63) is 34.8 Å². The standard InChI is InChI=1S/C18H23N5O/c1-12-9-14-5-4-7-23(17(14)10-19-12)18-15-11-22(13(2)24)8-6-16(15)21(3)20-18/h9-10H,4-8,11H2,1-3H3.